The zero-order valence-electron chi connectivity index (χ0n) is 13.4. The van der Waals surface area contributed by atoms with E-state index in [4.69, 9.17) is 4.52 Å². The molecule has 0 radical (unpaired) electrons. The molecule has 0 bridgehead atoms. The molecular weight excluding hydrogens is 266 g/mol. The van der Waals surface area contributed by atoms with E-state index < -0.39 is 0 Å². The van der Waals surface area contributed by atoms with Gasteiger partial charge >= 0.3 is 0 Å². The van der Waals surface area contributed by atoms with Gasteiger partial charge in [0.15, 0.2) is 11.8 Å². The molecule has 0 spiro atoms. The number of aryl methyl sites for hydroxylation is 1. The van der Waals surface area contributed by atoms with Gasteiger partial charge in [0.05, 0.1) is 0 Å². The van der Waals surface area contributed by atoms with Crippen LogP contribution in [0.1, 0.15) is 57.7 Å². The summed E-state index contributed by atoms with van der Waals surface area (Å²) in [4.78, 5) is 8.70. The topological polar surface area (TPSA) is 75.3 Å². The fourth-order valence-electron chi connectivity index (χ4n) is 2.95. The van der Waals surface area contributed by atoms with Crippen LogP contribution in [0.15, 0.2) is 9.52 Å². The van der Waals surface area contributed by atoms with Crippen molar-refractivity contribution >= 4 is 5.96 Å². The van der Waals surface area contributed by atoms with Crippen molar-refractivity contribution in [1.29, 1.82) is 0 Å². The summed E-state index contributed by atoms with van der Waals surface area (Å²) < 4.78 is 4.96. The second-order valence-electron chi connectivity index (χ2n) is 5.84. The molecule has 1 heterocycles. The number of aromatic nitrogens is 2. The molecule has 1 aromatic heterocycles. The predicted octanol–water partition coefficient (Wildman–Crippen LogP) is 2.40. The van der Waals surface area contributed by atoms with Crippen LogP contribution in [0.5, 0.6) is 0 Å². The Bertz CT molecular complexity index is 462. The molecule has 1 fully saturated rings. The fraction of sp³-hybridized carbons (Fsp3) is 0.800. The van der Waals surface area contributed by atoms with Gasteiger partial charge in [0, 0.05) is 20.0 Å². The largest absolute Gasteiger partial charge is 0.357 e. The first-order chi connectivity index (χ1) is 10.2. The van der Waals surface area contributed by atoms with Crippen LogP contribution in [0.3, 0.4) is 0 Å². The van der Waals surface area contributed by atoms with Gasteiger partial charge < -0.3 is 15.2 Å². The summed E-state index contributed by atoms with van der Waals surface area (Å²) in [5.74, 6) is 2.03. The fourth-order valence-corrected chi connectivity index (χ4v) is 2.95. The van der Waals surface area contributed by atoms with E-state index in [0.717, 1.165) is 19.0 Å². The van der Waals surface area contributed by atoms with E-state index in [1.165, 1.54) is 32.1 Å². The Morgan fingerprint density at radius 2 is 2.05 bits per heavy atom. The van der Waals surface area contributed by atoms with Gasteiger partial charge in [0.1, 0.15) is 6.54 Å². The molecule has 6 nitrogen and oxygen atoms in total. The molecule has 0 amide bonds. The van der Waals surface area contributed by atoms with Gasteiger partial charge in [-0.3, -0.25) is 0 Å². The van der Waals surface area contributed by atoms with Crippen molar-refractivity contribution in [3.63, 3.8) is 0 Å². The third-order valence-electron chi connectivity index (χ3n) is 4.34. The summed E-state index contributed by atoms with van der Waals surface area (Å²) in [6.07, 6.45) is 6.57. The number of aliphatic imine (C=N–C) groups is 1. The molecule has 0 unspecified atom stereocenters. The van der Waals surface area contributed by atoms with Gasteiger partial charge in [-0.2, -0.15) is 4.98 Å². The van der Waals surface area contributed by atoms with Crippen LogP contribution in [-0.2, 0) is 6.54 Å². The third kappa shape index (κ3) is 4.44. The van der Waals surface area contributed by atoms with E-state index in [2.05, 4.69) is 39.6 Å². The Balaban J connectivity index is 1.91. The highest BCUT2D eigenvalue weighted by atomic mass is 16.5. The van der Waals surface area contributed by atoms with Gasteiger partial charge in [0.25, 0.3) is 0 Å². The highest BCUT2D eigenvalue weighted by Gasteiger charge is 2.31. The second-order valence-corrected chi connectivity index (χ2v) is 5.84. The monoisotopic (exact) mass is 293 g/mol. The maximum Gasteiger partial charge on any atom is 0.223 e. The second kappa shape index (κ2) is 7.43. The number of hydrogen-bond acceptors (Lipinski definition) is 4. The highest BCUT2D eigenvalue weighted by molar-refractivity contribution is 5.79. The molecule has 1 aliphatic carbocycles. The first kappa shape index (κ1) is 15.8. The van der Waals surface area contributed by atoms with Crippen molar-refractivity contribution in [3.05, 3.63) is 11.7 Å². The minimum atomic E-state index is 0.436. The molecule has 0 aromatic carbocycles. The third-order valence-corrected chi connectivity index (χ3v) is 4.34. The lowest BCUT2D eigenvalue weighted by Crippen LogP contribution is -2.42. The molecule has 1 aromatic rings. The van der Waals surface area contributed by atoms with E-state index in [0.29, 0.717) is 23.7 Å². The van der Waals surface area contributed by atoms with E-state index in [1.807, 2.05) is 0 Å². The summed E-state index contributed by atoms with van der Waals surface area (Å²) in [6.45, 7) is 8.41. The molecule has 0 saturated heterocycles. The highest BCUT2D eigenvalue weighted by Crippen LogP contribution is 2.40. The molecule has 0 aliphatic heterocycles. The van der Waals surface area contributed by atoms with Crippen molar-refractivity contribution in [2.75, 3.05) is 13.1 Å². The average molecular weight is 293 g/mol. The van der Waals surface area contributed by atoms with Crippen LogP contribution in [0, 0.1) is 12.3 Å². The number of hydrogen-bond donors (Lipinski definition) is 2. The Kier molecular flexibility index (Phi) is 5.59. The number of nitrogens with zero attached hydrogens (tertiary/aromatic N) is 3. The van der Waals surface area contributed by atoms with Crippen molar-refractivity contribution in [2.24, 2.45) is 10.4 Å². The van der Waals surface area contributed by atoms with E-state index >= 15 is 0 Å². The Labute approximate surface area is 126 Å². The van der Waals surface area contributed by atoms with Crippen molar-refractivity contribution < 1.29 is 4.52 Å². The SMILES string of the molecule is CCNC(=NCc1noc(C)n1)NCC1(CC)CCCC1. The van der Waals surface area contributed by atoms with E-state index in [1.54, 1.807) is 6.92 Å². The molecule has 21 heavy (non-hydrogen) atoms. The van der Waals surface area contributed by atoms with Crippen molar-refractivity contribution in [2.45, 2.75) is 59.4 Å². The summed E-state index contributed by atoms with van der Waals surface area (Å²) in [5, 5.41) is 10.6. The van der Waals surface area contributed by atoms with Crippen LogP contribution in [0.25, 0.3) is 0 Å². The molecule has 1 aliphatic rings. The molecule has 0 atom stereocenters. The standard InChI is InChI=1S/C15H27N5O/c1-4-15(8-6-7-9-15)11-18-14(16-5-2)17-10-13-19-12(3)21-20-13/h4-11H2,1-3H3,(H2,16,17,18). The lowest BCUT2D eigenvalue weighted by atomic mass is 9.83. The minimum Gasteiger partial charge on any atom is -0.357 e. The van der Waals surface area contributed by atoms with Gasteiger partial charge in [0.2, 0.25) is 5.89 Å². The number of nitrogens with one attached hydrogen (secondary N) is 2. The maximum atomic E-state index is 4.96. The van der Waals surface area contributed by atoms with Crippen molar-refractivity contribution in [1.82, 2.24) is 20.8 Å². The molecule has 118 valence electrons. The molecule has 2 rings (SSSR count). The first-order valence-corrected chi connectivity index (χ1v) is 7.99. The smallest absolute Gasteiger partial charge is 0.223 e. The van der Waals surface area contributed by atoms with Gasteiger partial charge in [-0.15, -0.1) is 0 Å². The number of rotatable bonds is 6. The Hall–Kier alpha value is -1.59. The zero-order chi connectivity index (χ0) is 15.1. The predicted molar refractivity (Wildman–Crippen MR) is 83.0 cm³/mol. The molecule has 2 N–H and O–H groups in total. The van der Waals surface area contributed by atoms with Gasteiger partial charge in [-0.05, 0) is 31.6 Å². The molecule has 1 saturated carbocycles. The summed E-state index contributed by atoms with van der Waals surface area (Å²) in [7, 11) is 0. The molecule has 6 heteroatoms. The first-order valence-electron chi connectivity index (χ1n) is 7.99. The normalized spacial score (nSPS) is 18.0. The summed E-state index contributed by atoms with van der Waals surface area (Å²) >= 11 is 0. The van der Waals surface area contributed by atoms with Crippen LogP contribution < -0.4 is 10.6 Å². The zero-order valence-corrected chi connectivity index (χ0v) is 13.4. The van der Waals surface area contributed by atoms with Gasteiger partial charge in [-0.25, -0.2) is 4.99 Å². The van der Waals surface area contributed by atoms with Crippen molar-refractivity contribution in [3.8, 4) is 0 Å². The number of guanidine groups is 1. The quantitative estimate of drug-likeness (QED) is 0.622. The average Bonchev–Trinajstić information content (AvgIpc) is 3.12. The summed E-state index contributed by atoms with van der Waals surface area (Å²) in [6, 6.07) is 0. The van der Waals surface area contributed by atoms with Gasteiger partial charge in [-0.1, -0.05) is 24.9 Å². The summed E-state index contributed by atoms with van der Waals surface area (Å²) in [5.41, 5.74) is 0.443. The Morgan fingerprint density at radius 1 is 1.29 bits per heavy atom. The Morgan fingerprint density at radius 3 is 2.62 bits per heavy atom. The molecular formula is C15H27N5O. The van der Waals surface area contributed by atoms with E-state index in [-0.39, 0.29) is 0 Å². The lowest BCUT2D eigenvalue weighted by Gasteiger charge is -2.28. The van der Waals surface area contributed by atoms with Crippen LogP contribution in [-0.4, -0.2) is 29.2 Å². The minimum absolute atomic E-state index is 0.436. The van der Waals surface area contributed by atoms with Crippen LogP contribution in [0.4, 0.5) is 0 Å². The maximum absolute atomic E-state index is 4.96. The van der Waals surface area contributed by atoms with Crippen LogP contribution in [0.2, 0.25) is 0 Å². The van der Waals surface area contributed by atoms with Crippen LogP contribution >= 0.6 is 0 Å². The van der Waals surface area contributed by atoms with E-state index in [9.17, 15) is 0 Å². The lowest BCUT2D eigenvalue weighted by molar-refractivity contribution is 0.283.